The van der Waals surface area contributed by atoms with Crippen LogP contribution in [-0.2, 0) is 4.74 Å². The van der Waals surface area contributed by atoms with Crippen LogP contribution in [0, 0.1) is 0 Å². The maximum atomic E-state index is 12.1. The number of amides is 1. The first-order chi connectivity index (χ1) is 12.1. The highest BCUT2D eigenvalue weighted by Crippen LogP contribution is 2.19. The van der Waals surface area contributed by atoms with Gasteiger partial charge in [-0.2, -0.15) is 0 Å². The summed E-state index contributed by atoms with van der Waals surface area (Å²) in [7, 11) is 0. The van der Waals surface area contributed by atoms with Crippen LogP contribution in [0.15, 0.2) is 55.1 Å². The summed E-state index contributed by atoms with van der Waals surface area (Å²) in [4.78, 5) is 14.4. The molecule has 0 unspecified atom stereocenters. The summed E-state index contributed by atoms with van der Waals surface area (Å²) in [5.41, 5.74) is 14.9. The molecule has 0 atom stereocenters. The minimum atomic E-state index is -0.244. The zero-order valence-corrected chi connectivity index (χ0v) is 14.0. The molecule has 0 spiro atoms. The van der Waals surface area contributed by atoms with Gasteiger partial charge in [-0.25, -0.2) is 0 Å². The molecule has 2 aromatic carbocycles. The highest BCUT2D eigenvalue weighted by atomic mass is 16.5. The predicted octanol–water partition coefficient (Wildman–Crippen LogP) is 2.01. The zero-order chi connectivity index (χ0) is 17.6. The molecule has 4 N–H and O–H groups in total. The van der Waals surface area contributed by atoms with Gasteiger partial charge in [0, 0.05) is 30.0 Å². The number of hydrogen-bond donors (Lipinski definition) is 3. The fraction of sp³-hybridized carbons (Fsp3) is 0.211. The Hall–Kier alpha value is -2.99. The van der Waals surface area contributed by atoms with E-state index in [0.29, 0.717) is 16.9 Å². The van der Waals surface area contributed by atoms with Crippen molar-refractivity contribution in [2.45, 2.75) is 0 Å². The second-order valence-electron chi connectivity index (χ2n) is 5.83. The average Bonchev–Trinajstić information content (AvgIpc) is 2.67. The van der Waals surface area contributed by atoms with Crippen LogP contribution in [0.4, 0.5) is 11.4 Å². The molecule has 0 radical (unpaired) electrons. The largest absolute Gasteiger partial charge is 0.399 e. The fourth-order valence-corrected chi connectivity index (χ4v) is 2.61. The van der Waals surface area contributed by atoms with E-state index in [-0.39, 0.29) is 5.91 Å². The summed E-state index contributed by atoms with van der Waals surface area (Å²) < 4.78 is 5.37. The van der Waals surface area contributed by atoms with Crippen molar-refractivity contribution in [1.29, 1.82) is 0 Å². The lowest BCUT2D eigenvalue weighted by Gasteiger charge is -2.29. The van der Waals surface area contributed by atoms with E-state index in [1.807, 2.05) is 12.1 Å². The summed E-state index contributed by atoms with van der Waals surface area (Å²) in [5.74, 6) is -0.244. The Labute approximate surface area is 147 Å². The van der Waals surface area contributed by atoms with Crippen LogP contribution in [-0.4, -0.2) is 32.2 Å². The molecule has 130 valence electrons. The summed E-state index contributed by atoms with van der Waals surface area (Å²) in [6.07, 6.45) is 0. The number of carbonyl (C=O) groups excluding carboxylic acids is 1. The normalized spacial score (nSPS) is 14.0. The second kappa shape index (κ2) is 7.72. The standard InChI is InChI=1S/C19H22N4O2/c1-14(21-22-19(24)16-2-6-17(20)7-3-16)15-4-8-18(9-5-15)23-10-12-25-13-11-23/h2-9,21H,1,10-13,20H2,(H,22,24). The maximum absolute atomic E-state index is 12.1. The molecule has 25 heavy (non-hydrogen) atoms. The molecule has 2 aromatic rings. The number of nitrogens with zero attached hydrogens (tertiary/aromatic N) is 1. The van der Waals surface area contributed by atoms with Gasteiger partial charge in [0.15, 0.2) is 0 Å². The van der Waals surface area contributed by atoms with Crippen LogP contribution >= 0.6 is 0 Å². The van der Waals surface area contributed by atoms with Gasteiger partial charge in [-0.3, -0.25) is 15.6 Å². The number of hydrogen-bond acceptors (Lipinski definition) is 5. The lowest BCUT2D eigenvalue weighted by atomic mass is 10.1. The molecule has 6 nitrogen and oxygen atoms in total. The lowest BCUT2D eigenvalue weighted by molar-refractivity contribution is 0.0942. The van der Waals surface area contributed by atoms with Crippen molar-refractivity contribution in [2.75, 3.05) is 36.9 Å². The Morgan fingerprint density at radius 3 is 2.20 bits per heavy atom. The topological polar surface area (TPSA) is 79.6 Å². The second-order valence-corrected chi connectivity index (χ2v) is 5.83. The average molecular weight is 338 g/mol. The molecule has 1 fully saturated rings. The number of anilines is 2. The molecule has 1 heterocycles. The van der Waals surface area contributed by atoms with Crippen LogP contribution in [0.1, 0.15) is 15.9 Å². The highest BCUT2D eigenvalue weighted by Gasteiger charge is 2.11. The number of nitrogens with one attached hydrogen (secondary N) is 2. The molecule has 0 aliphatic carbocycles. The van der Waals surface area contributed by atoms with Crippen molar-refractivity contribution in [3.8, 4) is 0 Å². The summed E-state index contributed by atoms with van der Waals surface area (Å²) in [5, 5.41) is 0. The van der Waals surface area contributed by atoms with Crippen LogP contribution < -0.4 is 21.5 Å². The molecule has 1 aliphatic heterocycles. The molecule has 0 aromatic heterocycles. The minimum Gasteiger partial charge on any atom is -0.399 e. The monoisotopic (exact) mass is 338 g/mol. The molecular weight excluding hydrogens is 316 g/mol. The Morgan fingerprint density at radius 1 is 0.960 bits per heavy atom. The summed E-state index contributed by atoms with van der Waals surface area (Å²) >= 11 is 0. The third kappa shape index (κ3) is 4.30. The fourth-order valence-electron chi connectivity index (χ4n) is 2.61. The van der Waals surface area contributed by atoms with E-state index in [1.54, 1.807) is 24.3 Å². The number of nitrogen functional groups attached to an aromatic ring is 1. The summed E-state index contributed by atoms with van der Waals surface area (Å²) in [6, 6.07) is 14.8. The van der Waals surface area contributed by atoms with Crippen LogP contribution in [0.2, 0.25) is 0 Å². The molecule has 6 heteroatoms. The third-order valence-corrected chi connectivity index (χ3v) is 4.09. The van der Waals surface area contributed by atoms with Gasteiger partial charge < -0.3 is 15.4 Å². The first-order valence-electron chi connectivity index (χ1n) is 8.17. The lowest BCUT2D eigenvalue weighted by Crippen LogP contribution is -2.36. The highest BCUT2D eigenvalue weighted by molar-refractivity contribution is 5.94. The Bertz CT molecular complexity index is 735. The van der Waals surface area contributed by atoms with E-state index in [2.05, 4.69) is 34.5 Å². The van der Waals surface area contributed by atoms with E-state index >= 15 is 0 Å². The van der Waals surface area contributed by atoms with Crippen LogP contribution in [0.25, 0.3) is 5.70 Å². The quantitative estimate of drug-likeness (QED) is 0.574. The number of ether oxygens (including phenoxy) is 1. The van der Waals surface area contributed by atoms with Crippen LogP contribution in [0.3, 0.4) is 0 Å². The molecular formula is C19H22N4O2. The first kappa shape index (κ1) is 16.9. The van der Waals surface area contributed by atoms with Gasteiger partial charge in [-0.05, 0) is 42.0 Å². The molecule has 1 saturated heterocycles. The third-order valence-electron chi connectivity index (χ3n) is 4.09. The Morgan fingerprint density at radius 2 is 1.56 bits per heavy atom. The van der Waals surface area contributed by atoms with Gasteiger partial charge in [-0.1, -0.05) is 18.7 Å². The van der Waals surface area contributed by atoms with Crippen molar-refractivity contribution >= 4 is 23.0 Å². The number of morpholine rings is 1. The van der Waals surface area contributed by atoms with E-state index < -0.39 is 0 Å². The van der Waals surface area contributed by atoms with Crippen LogP contribution in [0.5, 0.6) is 0 Å². The van der Waals surface area contributed by atoms with Gasteiger partial charge >= 0.3 is 0 Å². The van der Waals surface area contributed by atoms with E-state index in [9.17, 15) is 4.79 Å². The number of carbonyl (C=O) groups is 1. The van der Waals surface area contributed by atoms with Crippen molar-refractivity contribution in [1.82, 2.24) is 10.9 Å². The van der Waals surface area contributed by atoms with Crippen molar-refractivity contribution < 1.29 is 9.53 Å². The maximum Gasteiger partial charge on any atom is 0.269 e. The molecule has 0 saturated carbocycles. The smallest absolute Gasteiger partial charge is 0.269 e. The van der Waals surface area contributed by atoms with Gasteiger partial charge in [-0.15, -0.1) is 0 Å². The zero-order valence-electron chi connectivity index (χ0n) is 14.0. The van der Waals surface area contributed by atoms with E-state index in [0.717, 1.165) is 37.6 Å². The molecule has 1 aliphatic rings. The van der Waals surface area contributed by atoms with Gasteiger partial charge in [0.2, 0.25) is 0 Å². The summed E-state index contributed by atoms with van der Waals surface area (Å²) in [6.45, 7) is 7.28. The molecule has 0 bridgehead atoms. The number of benzene rings is 2. The van der Waals surface area contributed by atoms with Crippen molar-refractivity contribution in [2.24, 2.45) is 0 Å². The predicted molar refractivity (Wildman–Crippen MR) is 100.0 cm³/mol. The SMILES string of the molecule is C=C(NNC(=O)c1ccc(N)cc1)c1ccc(N2CCOCC2)cc1. The van der Waals surface area contributed by atoms with Gasteiger partial charge in [0.25, 0.3) is 5.91 Å². The van der Waals surface area contributed by atoms with Gasteiger partial charge in [0.05, 0.1) is 18.9 Å². The van der Waals surface area contributed by atoms with Gasteiger partial charge in [0.1, 0.15) is 0 Å². The first-order valence-corrected chi connectivity index (χ1v) is 8.17. The Kier molecular flexibility index (Phi) is 5.20. The Balaban J connectivity index is 1.55. The molecule has 1 amide bonds. The number of nitrogens with two attached hydrogens (primary N) is 1. The van der Waals surface area contributed by atoms with E-state index in [1.165, 1.54) is 0 Å². The van der Waals surface area contributed by atoms with Crippen molar-refractivity contribution in [3.63, 3.8) is 0 Å². The van der Waals surface area contributed by atoms with Crippen molar-refractivity contribution in [3.05, 3.63) is 66.2 Å². The molecule has 3 rings (SSSR count). The number of hydrazine groups is 1. The number of rotatable bonds is 5. The van der Waals surface area contributed by atoms with E-state index in [4.69, 9.17) is 10.5 Å². The minimum absolute atomic E-state index is 0.244.